The number of amides is 1. The van der Waals surface area contributed by atoms with Crippen LogP contribution in [-0.2, 0) is 10.3 Å². The van der Waals surface area contributed by atoms with E-state index in [9.17, 15) is 4.79 Å². The van der Waals surface area contributed by atoms with Gasteiger partial charge in [-0.05, 0) is 16.7 Å². The minimum Gasteiger partial charge on any atom is -0.368 e. The molecule has 1 heterocycles. The van der Waals surface area contributed by atoms with Crippen LogP contribution in [0.15, 0.2) is 91.0 Å². The van der Waals surface area contributed by atoms with Crippen LogP contribution in [0.2, 0.25) is 0 Å². The number of carbonyl (C=O) groups excluding carboxylic acids is 1. The summed E-state index contributed by atoms with van der Waals surface area (Å²) in [5, 5.41) is 3.26. The normalized spacial score (nSPS) is 17.9. The molecule has 1 saturated heterocycles. The summed E-state index contributed by atoms with van der Waals surface area (Å²) in [6.07, 6.45) is 0. The van der Waals surface area contributed by atoms with Crippen molar-refractivity contribution in [2.45, 2.75) is 11.6 Å². The number of nitrogens with zero attached hydrogens (tertiary/aromatic N) is 1. The van der Waals surface area contributed by atoms with E-state index >= 15 is 0 Å². The highest BCUT2D eigenvalue weighted by molar-refractivity contribution is 5.80. The number of benzene rings is 3. The summed E-state index contributed by atoms with van der Waals surface area (Å²) in [4.78, 5) is 14.4. The van der Waals surface area contributed by atoms with Gasteiger partial charge >= 0.3 is 0 Å². The highest BCUT2D eigenvalue weighted by atomic mass is 16.1. The zero-order valence-corrected chi connectivity index (χ0v) is 15.8. The molecule has 4 heteroatoms. The lowest BCUT2D eigenvalue weighted by Crippen LogP contribution is -2.62. The Morgan fingerprint density at radius 1 is 0.821 bits per heavy atom. The third kappa shape index (κ3) is 3.21. The Hall–Kier alpha value is -2.95. The topological polar surface area (TPSA) is 58.4 Å². The maximum Gasteiger partial charge on any atom is 0.235 e. The maximum atomic E-state index is 12.0. The van der Waals surface area contributed by atoms with Crippen molar-refractivity contribution in [1.29, 1.82) is 0 Å². The molecule has 142 valence electrons. The van der Waals surface area contributed by atoms with E-state index in [1.807, 2.05) is 18.2 Å². The zero-order valence-electron chi connectivity index (χ0n) is 15.8. The van der Waals surface area contributed by atoms with Crippen LogP contribution in [0.4, 0.5) is 0 Å². The Morgan fingerprint density at radius 2 is 1.25 bits per heavy atom. The van der Waals surface area contributed by atoms with Gasteiger partial charge in [-0.15, -0.1) is 0 Å². The van der Waals surface area contributed by atoms with Gasteiger partial charge in [0.25, 0.3) is 0 Å². The van der Waals surface area contributed by atoms with Crippen molar-refractivity contribution >= 4 is 5.91 Å². The highest BCUT2D eigenvalue weighted by Gasteiger charge is 2.44. The van der Waals surface area contributed by atoms with E-state index in [1.165, 1.54) is 16.7 Å². The molecule has 3 aromatic carbocycles. The Labute approximate surface area is 166 Å². The van der Waals surface area contributed by atoms with Crippen LogP contribution >= 0.6 is 0 Å². The van der Waals surface area contributed by atoms with Crippen LogP contribution in [0, 0.1) is 0 Å². The SMILES string of the molecule is NC(=O)C1CN(C(c2ccccc2)(c2ccccc2)c2ccccc2)CCN1. The molecule has 0 saturated carbocycles. The molecule has 0 aromatic heterocycles. The molecule has 4 rings (SSSR count). The molecule has 1 aliphatic heterocycles. The fraction of sp³-hybridized carbons (Fsp3) is 0.208. The van der Waals surface area contributed by atoms with Crippen molar-refractivity contribution in [3.8, 4) is 0 Å². The lowest BCUT2D eigenvalue weighted by Gasteiger charge is -2.48. The number of hydrogen-bond acceptors (Lipinski definition) is 3. The summed E-state index contributed by atoms with van der Waals surface area (Å²) in [6.45, 7) is 2.07. The first-order valence-electron chi connectivity index (χ1n) is 9.67. The van der Waals surface area contributed by atoms with Gasteiger partial charge < -0.3 is 11.1 Å². The number of nitrogens with one attached hydrogen (secondary N) is 1. The van der Waals surface area contributed by atoms with E-state index in [-0.39, 0.29) is 11.9 Å². The fourth-order valence-corrected chi connectivity index (χ4v) is 4.33. The van der Waals surface area contributed by atoms with E-state index in [2.05, 4.69) is 83.0 Å². The number of piperazine rings is 1. The van der Waals surface area contributed by atoms with E-state index in [1.54, 1.807) is 0 Å². The molecular weight excluding hydrogens is 346 g/mol. The second-order valence-corrected chi connectivity index (χ2v) is 7.16. The predicted octanol–water partition coefficient (Wildman–Crippen LogP) is 2.74. The Balaban J connectivity index is 1.97. The number of hydrogen-bond donors (Lipinski definition) is 2. The zero-order chi connectivity index (χ0) is 19.4. The summed E-state index contributed by atoms with van der Waals surface area (Å²) >= 11 is 0. The smallest absolute Gasteiger partial charge is 0.235 e. The van der Waals surface area contributed by atoms with Crippen molar-refractivity contribution in [2.75, 3.05) is 19.6 Å². The van der Waals surface area contributed by atoms with Crippen LogP contribution in [-0.4, -0.2) is 36.5 Å². The molecule has 0 aliphatic carbocycles. The second kappa shape index (κ2) is 7.97. The van der Waals surface area contributed by atoms with Gasteiger partial charge in [-0.25, -0.2) is 0 Å². The summed E-state index contributed by atoms with van der Waals surface area (Å²) in [5.41, 5.74) is 8.69. The maximum absolute atomic E-state index is 12.0. The lowest BCUT2D eigenvalue weighted by molar-refractivity contribution is -0.121. The summed E-state index contributed by atoms with van der Waals surface area (Å²) in [7, 11) is 0. The minimum atomic E-state index is -0.500. The van der Waals surface area contributed by atoms with Gasteiger partial charge in [-0.1, -0.05) is 91.0 Å². The van der Waals surface area contributed by atoms with Gasteiger partial charge in [0, 0.05) is 19.6 Å². The third-order valence-electron chi connectivity index (χ3n) is 5.57. The first-order chi connectivity index (χ1) is 13.7. The van der Waals surface area contributed by atoms with E-state index in [0.717, 1.165) is 6.54 Å². The molecule has 1 amide bonds. The molecule has 1 aliphatic rings. The molecule has 0 spiro atoms. The number of rotatable bonds is 5. The van der Waals surface area contributed by atoms with Crippen molar-refractivity contribution in [3.63, 3.8) is 0 Å². The lowest BCUT2D eigenvalue weighted by atomic mass is 9.75. The van der Waals surface area contributed by atoms with Crippen LogP contribution in [0.5, 0.6) is 0 Å². The predicted molar refractivity (Wildman–Crippen MR) is 112 cm³/mol. The van der Waals surface area contributed by atoms with Crippen molar-refractivity contribution < 1.29 is 4.79 Å². The Kier molecular flexibility index (Phi) is 5.24. The summed E-state index contributed by atoms with van der Waals surface area (Å²) < 4.78 is 0. The quantitative estimate of drug-likeness (QED) is 0.678. The molecule has 1 fully saturated rings. The monoisotopic (exact) mass is 371 g/mol. The van der Waals surface area contributed by atoms with Gasteiger partial charge in [0.05, 0.1) is 11.6 Å². The van der Waals surface area contributed by atoms with E-state index in [4.69, 9.17) is 5.73 Å². The summed E-state index contributed by atoms with van der Waals surface area (Å²) in [5.74, 6) is -0.312. The molecule has 3 aromatic rings. The van der Waals surface area contributed by atoms with Crippen LogP contribution in [0.1, 0.15) is 16.7 Å². The van der Waals surface area contributed by atoms with Gasteiger partial charge in [0.2, 0.25) is 5.91 Å². The Bertz CT molecular complexity index is 816. The van der Waals surface area contributed by atoms with Crippen LogP contribution in [0.3, 0.4) is 0 Å². The van der Waals surface area contributed by atoms with Gasteiger partial charge in [0.15, 0.2) is 0 Å². The Morgan fingerprint density at radius 3 is 1.64 bits per heavy atom. The largest absolute Gasteiger partial charge is 0.368 e. The fourth-order valence-electron chi connectivity index (χ4n) is 4.33. The van der Waals surface area contributed by atoms with Gasteiger partial charge in [-0.2, -0.15) is 0 Å². The molecule has 4 nitrogen and oxygen atoms in total. The summed E-state index contributed by atoms with van der Waals surface area (Å²) in [6, 6.07) is 31.2. The number of primary amides is 1. The molecule has 0 bridgehead atoms. The number of carbonyl (C=O) groups is 1. The van der Waals surface area contributed by atoms with Gasteiger partial charge in [-0.3, -0.25) is 9.69 Å². The average molecular weight is 371 g/mol. The number of nitrogens with two attached hydrogens (primary N) is 1. The molecule has 1 unspecified atom stereocenters. The van der Waals surface area contributed by atoms with Crippen molar-refractivity contribution in [1.82, 2.24) is 10.2 Å². The van der Waals surface area contributed by atoms with E-state index < -0.39 is 5.54 Å². The first kappa shape index (κ1) is 18.4. The van der Waals surface area contributed by atoms with Crippen LogP contribution in [0.25, 0.3) is 0 Å². The van der Waals surface area contributed by atoms with Crippen molar-refractivity contribution in [3.05, 3.63) is 108 Å². The van der Waals surface area contributed by atoms with Crippen LogP contribution < -0.4 is 11.1 Å². The van der Waals surface area contributed by atoms with Gasteiger partial charge in [0.1, 0.15) is 0 Å². The highest BCUT2D eigenvalue weighted by Crippen LogP contribution is 2.42. The second-order valence-electron chi connectivity index (χ2n) is 7.16. The molecular formula is C24H25N3O. The standard InChI is InChI=1S/C24H25N3O/c25-23(28)22-18-27(17-16-26-22)24(19-10-4-1-5-11-19,20-12-6-2-7-13-20)21-14-8-3-9-15-21/h1-15,22,26H,16-18H2,(H2,25,28). The third-order valence-corrected chi connectivity index (χ3v) is 5.57. The van der Waals surface area contributed by atoms with E-state index in [0.29, 0.717) is 13.1 Å². The molecule has 28 heavy (non-hydrogen) atoms. The average Bonchev–Trinajstić information content (AvgIpc) is 2.77. The van der Waals surface area contributed by atoms with Crippen molar-refractivity contribution in [2.24, 2.45) is 5.73 Å². The molecule has 3 N–H and O–H groups in total. The minimum absolute atomic E-state index is 0.312. The first-order valence-corrected chi connectivity index (χ1v) is 9.67. The molecule has 1 atom stereocenters. The molecule has 0 radical (unpaired) electrons.